The van der Waals surface area contributed by atoms with E-state index in [1.165, 1.54) is 12.0 Å². The zero-order chi connectivity index (χ0) is 13.1. The topological polar surface area (TPSA) is 40.5 Å². The smallest absolute Gasteiger partial charge is 0.335 e. The number of hydrogen-bond acceptors (Lipinski definition) is 2. The molecular weight excluding hydrogens is 226 g/mol. The molecule has 1 N–H and O–H groups in total. The number of carboxylic acid groups (broad SMARTS) is 1. The Morgan fingerprint density at radius 1 is 1.28 bits per heavy atom. The largest absolute Gasteiger partial charge is 0.478 e. The Labute approximate surface area is 108 Å². The maximum Gasteiger partial charge on any atom is 0.335 e. The van der Waals surface area contributed by atoms with E-state index >= 15 is 0 Å². The first-order chi connectivity index (χ1) is 8.56. The molecule has 2 unspecified atom stereocenters. The summed E-state index contributed by atoms with van der Waals surface area (Å²) in [6, 6.07) is 7.22. The van der Waals surface area contributed by atoms with Crippen LogP contribution in [-0.2, 0) is 6.54 Å². The molecule has 1 aliphatic heterocycles. The van der Waals surface area contributed by atoms with E-state index in [0.29, 0.717) is 5.56 Å². The first-order valence-electron chi connectivity index (χ1n) is 6.61. The van der Waals surface area contributed by atoms with Crippen molar-refractivity contribution in [2.45, 2.75) is 26.8 Å². The lowest BCUT2D eigenvalue weighted by Crippen LogP contribution is -2.37. The maximum atomic E-state index is 10.8. The van der Waals surface area contributed by atoms with Gasteiger partial charge in [0.1, 0.15) is 0 Å². The van der Waals surface area contributed by atoms with Crippen LogP contribution in [0.1, 0.15) is 36.2 Å². The number of benzene rings is 1. The lowest BCUT2D eigenvalue weighted by Gasteiger charge is -2.35. The van der Waals surface area contributed by atoms with Crippen molar-refractivity contribution < 1.29 is 9.90 Å². The molecule has 1 heterocycles. The van der Waals surface area contributed by atoms with Gasteiger partial charge in [0.2, 0.25) is 0 Å². The van der Waals surface area contributed by atoms with Crippen LogP contribution in [0, 0.1) is 11.8 Å². The van der Waals surface area contributed by atoms with Crippen LogP contribution in [0.25, 0.3) is 0 Å². The fourth-order valence-electron chi connectivity index (χ4n) is 2.50. The highest BCUT2D eigenvalue weighted by Crippen LogP contribution is 2.23. The molecule has 98 valence electrons. The predicted octanol–water partition coefficient (Wildman–Crippen LogP) is 2.86. The second-order valence-electron chi connectivity index (χ2n) is 5.48. The molecule has 0 saturated carbocycles. The standard InChI is InChI=1S/C15H21NO2/c1-11-7-8-16(9-12(11)2)10-13-3-5-14(6-4-13)15(17)18/h3-6,11-12H,7-10H2,1-2H3,(H,17,18). The third-order valence-electron chi connectivity index (χ3n) is 4.03. The van der Waals surface area contributed by atoms with E-state index in [-0.39, 0.29) is 0 Å². The summed E-state index contributed by atoms with van der Waals surface area (Å²) in [5, 5.41) is 8.85. The Hall–Kier alpha value is -1.35. The van der Waals surface area contributed by atoms with Gasteiger partial charge in [-0.25, -0.2) is 4.79 Å². The SMILES string of the molecule is CC1CCN(Cc2ccc(C(=O)O)cc2)CC1C. The molecule has 1 aromatic carbocycles. The number of aromatic carboxylic acids is 1. The van der Waals surface area contributed by atoms with Gasteiger partial charge in [-0.3, -0.25) is 4.90 Å². The number of likely N-dealkylation sites (tertiary alicyclic amines) is 1. The molecule has 1 aliphatic rings. The summed E-state index contributed by atoms with van der Waals surface area (Å²) in [7, 11) is 0. The molecule has 3 nitrogen and oxygen atoms in total. The highest BCUT2D eigenvalue weighted by Gasteiger charge is 2.22. The maximum absolute atomic E-state index is 10.8. The zero-order valence-corrected chi connectivity index (χ0v) is 11.1. The molecule has 2 rings (SSSR count). The minimum Gasteiger partial charge on any atom is -0.478 e. The van der Waals surface area contributed by atoms with Gasteiger partial charge in [0.05, 0.1) is 5.56 Å². The minimum atomic E-state index is -0.859. The second kappa shape index (κ2) is 5.53. The van der Waals surface area contributed by atoms with E-state index in [0.717, 1.165) is 31.5 Å². The summed E-state index contributed by atoms with van der Waals surface area (Å²) < 4.78 is 0. The lowest BCUT2D eigenvalue weighted by atomic mass is 9.88. The monoisotopic (exact) mass is 247 g/mol. The van der Waals surface area contributed by atoms with Crippen LogP contribution in [0.4, 0.5) is 0 Å². The van der Waals surface area contributed by atoms with Crippen LogP contribution >= 0.6 is 0 Å². The van der Waals surface area contributed by atoms with Crippen LogP contribution in [0.15, 0.2) is 24.3 Å². The molecule has 1 saturated heterocycles. The van der Waals surface area contributed by atoms with Gasteiger partial charge >= 0.3 is 5.97 Å². The number of nitrogens with zero attached hydrogens (tertiary/aromatic N) is 1. The van der Waals surface area contributed by atoms with E-state index in [4.69, 9.17) is 5.11 Å². The Bertz CT molecular complexity index is 413. The summed E-state index contributed by atoms with van der Waals surface area (Å²) in [6.07, 6.45) is 1.26. The molecule has 0 radical (unpaired) electrons. The summed E-state index contributed by atoms with van der Waals surface area (Å²) in [4.78, 5) is 13.2. The molecule has 18 heavy (non-hydrogen) atoms. The lowest BCUT2D eigenvalue weighted by molar-refractivity contribution is 0.0697. The van der Waals surface area contributed by atoms with Gasteiger partial charge in [-0.1, -0.05) is 26.0 Å². The molecule has 0 bridgehead atoms. The Morgan fingerprint density at radius 2 is 1.94 bits per heavy atom. The van der Waals surface area contributed by atoms with Gasteiger partial charge in [0.25, 0.3) is 0 Å². The quantitative estimate of drug-likeness (QED) is 0.893. The zero-order valence-electron chi connectivity index (χ0n) is 11.1. The van der Waals surface area contributed by atoms with Crippen molar-refractivity contribution >= 4 is 5.97 Å². The van der Waals surface area contributed by atoms with Crippen molar-refractivity contribution in [3.8, 4) is 0 Å². The van der Waals surface area contributed by atoms with Gasteiger partial charge < -0.3 is 5.11 Å². The summed E-state index contributed by atoms with van der Waals surface area (Å²) >= 11 is 0. The van der Waals surface area contributed by atoms with Gasteiger partial charge in [-0.15, -0.1) is 0 Å². The Kier molecular flexibility index (Phi) is 4.02. The summed E-state index contributed by atoms with van der Waals surface area (Å²) in [6.45, 7) is 7.85. The molecule has 3 heteroatoms. The molecule has 2 atom stereocenters. The van der Waals surface area contributed by atoms with Crippen molar-refractivity contribution in [3.63, 3.8) is 0 Å². The second-order valence-corrected chi connectivity index (χ2v) is 5.48. The number of rotatable bonds is 3. The molecule has 0 aliphatic carbocycles. The van der Waals surface area contributed by atoms with Crippen LogP contribution in [0.3, 0.4) is 0 Å². The summed E-state index contributed by atoms with van der Waals surface area (Å²) in [5.74, 6) is 0.703. The Balaban J connectivity index is 1.95. The highest BCUT2D eigenvalue weighted by atomic mass is 16.4. The van der Waals surface area contributed by atoms with Crippen molar-refractivity contribution in [1.82, 2.24) is 4.90 Å². The highest BCUT2D eigenvalue weighted by molar-refractivity contribution is 5.87. The molecule has 0 amide bonds. The molecule has 0 spiro atoms. The van der Waals surface area contributed by atoms with Crippen molar-refractivity contribution in [1.29, 1.82) is 0 Å². The van der Waals surface area contributed by atoms with Gasteiger partial charge in [0, 0.05) is 13.1 Å². The first-order valence-corrected chi connectivity index (χ1v) is 6.61. The van der Waals surface area contributed by atoms with Crippen molar-refractivity contribution in [2.24, 2.45) is 11.8 Å². The molecular formula is C15H21NO2. The van der Waals surface area contributed by atoms with Crippen molar-refractivity contribution in [3.05, 3.63) is 35.4 Å². The average molecular weight is 247 g/mol. The normalized spacial score (nSPS) is 25.0. The third-order valence-corrected chi connectivity index (χ3v) is 4.03. The number of piperidine rings is 1. The van der Waals surface area contributed by atoms with Gasteiger partial charge in [-0.2, -0.15) is 0 Å². The van der Waals surface area contributed by atoms with Gasteiger partial charge in [0.15, 0.2) is 0 Å². The number of carboxylic acids is 1. The van der Waals surface area contributed by atoms with Crippen molar-refractivity contribution in [2.75, 3.05) is 13.1 Å². The van der Waals surface area contributed by atoms with E-state index < -0.39 is 5.97 Å². The molecule has 1 fully saturated rings. The fraction of sp³-hybridized carbons (Fsp3) is 0.533. The van der Waals surface area contributed by atoms with E-state index in [2.05, 4.69) is 18.7 Å². The minimum absolute atomic E-state index is 0.361. The van der Waals surface area contributed by atoms with Gasteiger partial charge in [-0.05, 0) is 42.5 Å². The average Bonchev–Trinajstić information content (AvgIpc) is 2.34. The molecule has 0 aromatic heterocycles. The Morgan fingerprint density at radius 3 is 2.50 bits per heavy atom. The van der Waals surface area contributed by atoms with Crippen LogP contribution in [0.2, 0.25) is 0 Å². The fourth-order valence-corrected chi connectivity index (χ4v) is 2.50. The number of hydrogen-bond donors (Lipinski definition) is 1. The van der Waals surface area contributed by atoms with E-state index in [1.807, 2.05) is 12.1 Å². The predicted molar refractivity (Wildman–Crippen MR) is 71.6 cm³/mol. The molecule has 1 aromatic rings. The van der Waals surface area contributed by atoms with Crippen LogP contribution in [-0.4, -0.2) is 29.1 Å². The third kappa shape index (κ3) is 3.10. The van der Waals surface area contributed by atoms with E-state index in [1.54, 1.807) is 12.1 Å². The number of carbonyl (C=O) groups is 1. The van der Waals surface area contributed by atoms with Crippen LogP contribution in [0.5, 0.6) is 0 Å². The summed E-state index contributed by atoms with van der Waals surface area (Å²) in [5.41, 5.74) is 1.56. The first kappa shape index (κ1) is 13.1. The van der Waals surface area contributed by atoms with Crippen LogP contribution < -0.4 is 0 Å². The van der Waals surface area contributed by atoms with E-state index in [9.17, 15) is 4.79 Å².